The molecule has 2 aromatic rings. The van der Waals surface area contributed by atoms with Gasteiger partial charge in [-0.15, -0.1) is 0 Å². The van der Waals surface area contributed by atoms with Crippen molar-refractivity contribution in [2.75, 3.05) is 7.11 Å². The summed E-state index contributed by atoms with van der Waals surface area (Å²) >= 11 is 5.57. The molecule has 68 valence electrons. The number of hydrogen-bond donors (Lipinski definition) is 1. The standard InChI is InChI=1S/C8H6ClFN2O/c1-13-8-11-6-2-4(9)5(10)3-7(6)12-8/h2-3H,1H3,(H,11,12). The van der Waals surface area contributed by atoms with Gasteiger partial charge in [-0.3, -0.25) is 0 Å². The van der Waals surface area contributed by atoms with Gasteiger partial charge in [-0.05, 0) is 6.07 Å². The summed E-state index contributed by atoms with van der Waals surface area (Å²) in [5, 5.41) is 0.0571. The molecule has 0 unspecified atom stereocenters. The van der Waals surface area contributed by atoms with Crippen LogP contribution < -0.4 is 4.74 Å². The monoisotopic (exact) mass is 200 g/mol. The number of H-pyrrole nitrogens is 1. The average Bonchev–Trinajstić information content (AvgIpc) is 2.48. The van der Waals surface area contributed by atoms with E-state index in [-0.39, 0.29) is 5.02 Å². The number of aromatic amines is 1. The summed E-state index contributed by atoms with van der Waals surface area (Å²) in [6.07, 6.45) is 0. The minimum atomic E-state index is -0.472. The Kier molecular flexibility index (Phi) is 1.84. The van der Waals surface area contributed by atoms with E-state index in [1.54, 1.807) is 0 Å². The second-order valence-corrected chi connectivity index (χ2v) is 2.94. The molecule has 0 aliphatic rings. The van der Waals surface area contributed by atoms with Crippen LogP contribution in [0.1, 0.15) is 0 Å². The lowest BCUT2D eigenvalue weighted by Gasteiger charge is -1.91. The van der Waals surface area contributed by atoms with Gasteiger partial charge >= 0.3 is 0 Å². The summed E-state index contributed by atoms with van der Waals surface area (Å²) in [6, 6.07) is 3.08. The van der Waals surface area contributed by atoms with Crippen molar-refractivity contribution in [2.45, 2.75) is 0 Å². The van der Waals surface area contributed by atoms with Crippen molar-refractivity contribution in [1.29, 1.82) is 0 Å². The van der Waals surface area contributed by atoms with Crippen molar-refractivity contribution in [3.63, 3.8) is 0 Å². The Morgan fingerprint density at radius 3 is 3.00 bits per heavy atom. The van der Waals surface area contributed by atoms with Gasteiger partial charge in [0.05, 0.1) is 23.2 Å². The minimum Gasteiger partial charge on any atom is -0.468 e. The molecule has 0 aliphatic carbocycles. The topological polar surface area (TPSA) is 37.9 Å². The van der Waals surface area contributed by atoms with Gasteiger partial charge in [0.25, 0.3) is 6.01 Å². The van der Waals surface area contributed by atoms with Crippen LogP contribution in [-0.2, 0) is 0 Å². The Hall–Kier alpha value is -1.29. The van der Waals surface area contributed by atoms with E-state index < -0.39 is 5.82 Å². The van der Waals surface area contributed by atoms with Gasteiger partial charge in [-0.1, -0.05) is 11.6 Å². The van der Waals surface area contributed by atoms with Gasteiger partial charge < -0.3 is 9.72 Å². The lowest BCUT2D eigenvalue weighted by Crippen LogP contribution is -1.82. The average molecular weight is 201 g/mol. The highest BCUT2D eigenvalue weighted by Crippen LogP contribution is 2.22. The van der Waals surface area contributed by atoms with Gasteiger partial charge in [0.15, 0.2) is 0 Å². The van der Waals surface area contributed by atoms with Gasteiger partial charge in [-0.2, -0.15) is 4.98 Å². The second kappa shape index (κ2) is 2.88. The smallest absolute Gasteiger partial charge is 0.294 e. The SMILES string of the molecule is COc1nc2cc(Cl)c(F)cc2[nH]1. The molecule has 3 nitrogen and oxygen atoms in total. The third-order valence-corrected chi connectivity index (χ3v) is 1.99. The first kappa shape index (κ1) is 8.31. The number of ether oxygens (including phenoxy) is 1. The summed E-state index contributed by atoms with van der Waals surface area (Å²) in [4.78, 5) is 6.79. The molecule has 1 N–H and O–H groups in total. The van der Waals surface area contributed by atoms with Crippen LogP contribution in [0.25, 0.3) is 11.0 Å². The molecule has 1 aromatic heterocycles. The van der Waals surface area contributed by atoms with E-state index in [9.17, 15) is 4.39 Å². The number of rotatable bonds is 1. The Morgan fingerprint density at radius 1 is 1.54 bits per heavy atom. The van der Waals surface area contributed by atoms with Crippen LogP contribution in [-0.4, -0.2) is 17.1 Å². The highest BCUT2D eigenvalue weighted by atomic mass is 35.5. The maximum atomic E-state index is 12.9. The third-order valence-electron chi connectivity index (χ3n) is 1.70. The van der Waals surface area contributed by atoms with Crippen molar-refractivity contribution in [1.82, 2.24) is 9.97 Å². The molecule has 1 heterocycles. The number of methoxy groups -OCH3 is 1. The molecule has 5 heteroatoms. The number of hydrogen-bond acceptors (Lipinski definition) is 2. The Balaban J connectivity index is 2.70. The second-order valence-electron chi connectivity index (χ2n) is 2.53. The van der Waals surface area contributed by atoms with E-state index in [0.717, 1.165) is 0 Å². The first-order valence-electron chi connectivity index (χ1n) is 3.59. The minimum absolute atomic E-state index is 0.0571. The molecule has 0 spiro atoms. The summed E-state index contributed by atoms with van der Waals surface area (Å²) in [5.41, 5.74) is 1.15. The van der Waals surface area contributed by atoms with Crippen LogP contribution >= 0.6 is 11.6 Å². The predicted octanol–water partition coefficient (Wildman–Crippen LogP) is 2.36. The molecular formula is C8H6ClFN2O. The largest absolute Gasteiger partial charge is 0.468 e. The zero-order valence-electron chi connectivity index (χ0n) is 6.77. The number of fused-ring (bicyclic) bond motifs is 1. The molecule has 0 saturated carbocycles. The van der Waals surface area contributed by atoms with Gasteiger partial charge in [0.1, 0.15) is 5.82 Å². The van der Waals surface area contributed by atoms with Crippen molar-refractivity contribution in [3.05, 3.63) is 23.0 Å². The zero-order chi connectivity index (χ0) is 9.42. The van der Waals surface area contributed by atoms with Crippen LogP contribution in [0.5, 0.6) is 6.01 Å². The number of imidazole rings is 1. The van der Waals surface area contributed by atoms with Gasteiger partial charge in [0, 0.05) is 6.07 Å². The number of aromatic nitrogens is 2. The molecule has 2 rings (SSSR count). The van der Waals surface area contributed by atoms with E-state index in [1.165, 1.54) is 19.2 Å². The quantitative estimate of drug-likeness (QED) is 0.768. The number of nitrogens with zero attached hydrogens (tertiary/aromatic N) is 1. The van der Waals surface area contributed by atoms with E-state index >= 15 is 0 Å². The maximum absolute atomic E-state index is 12.9. The molecule has 0 fully saturated rings. The van der Waals surface area contributed by atoms with Crippen molar-refractivity contribution in [2.24, 2.45) is 0 Å². The normalized spacial score (nSPS) is 10.7. The van der Waals surface area contributed by atoms with E-state index in [4.69, 9.17) is 16.3 Å². The molecule has 13 heavy (non-hydrogen) atoms. The molecule has 0 atom stereocenters. The van der Waals surface area contributed by atoms with Crippen LogP contribution in [0, 0.1) is 5.82 Å². The summed E-state index contributed by atoms with van der Waals surface area (Å²) in [6.45, 7) is 0. The van der Waals surface area contributed by atoms with Crippen molar-refractivity contribution in [3.8, 4) is 6.01 Å². The number of nitrogens with one attached hydrogen (secondary N) is 1. The molecule has 0 aliphatic heterocycles. The molecule has 0 saturated heterocycles. The molecule has 0 amide bonds. The summed E-state index contributed by atoms with van der Waals surface area (Å²) < 4.78 is 17.8. The maximum Gasteiger partial charge on any atom is 0.294 e. The first-order chi connectivity index (χ1) is 6.20. The Morgan fingerprint density at radius 2 is 2.31 bits per heavy atom. The van der Waals surface area contributed by atoms with Crippen LogP contribution in [0.2, 0.25) is 5.02 Å². The number of benzene rings is 1. The van der Waals surface area contributed by atoms with Crippen LogP contribution in [0.15, 0.2) is 12.1 Å². The molecule has 1 aromatic carbocycles. The lowest BCUT2D eigenvalue weighted by atomic mass is 10.3. The van der Waals surface area contributed by atoms with Gasteiger partial charge in [0.2, 0.25) is 0 Å². The van der Waals surface area contributed by atoms with Gasteiger partial charge in [-0.25, -0.2) is 4.39 Å². The fourth-order valence-corrected chi connectivity index (χ4v) is 1.24. The summed E-state index contributed by atoms with van der Waals surface area (Å²) in [5.74, 6) is -0.472. The molecular weight excluding hydrogens is 195 g/mol. The fraction of sp³-hybridized carbons (Fsp3) is 0.125. The highest BCUT2D eigenvalue weighted by molar-refractivity contribution is 6.31. The zero-order valence-corrected chi connectivity index (χ0v) is 7.52. The van der Waals surface area contributed by atoms with E-state index in [0.29, 0.717) is 17.0 Å². The third kappa shape index (κ3) is 1.33. The predicted molar refractivity (Wildman–Crippen MR) is 47.6 cm³/mol. The molecule has 0 bridgehead atoms. The van der Waals surface area contributed by atoms with Crippen molar-refractivity contribution < 1.29 is 9.13 Å². The fourth-order valence-electron chi connectivity index (χ4n) is 1.08. The molecule has 0 radical (unpaired) electrons. The lowest BCUT2D eigenvalue weighted by molar-refractivity contribution is 0.386. The van der Waals surface area contributed by atoms with Crippen molar-refractivity contribution >= 4 is 22.6 Å². The Labute approximate surface area is 78.5 Å². The first-order valence-corrected chi connectivity index (χ1v) is 3.97. The van der Waals surface area contributed by atoms with Crippen LogP contribution in [0.3, 0.4) is 0 Å². The number of halogens is 2. The van der Waals surface area contributed by atoms with E-state index in [2.05, 4.69) is 9.97 Å². The summed E-state index contributed by atoms with van der Waals surface area (Å²) in [7, 11) is 1.48. The highest BCUT2D eigenvalue weighted by Gasteiger charge is 2.06. The van der Waals surface area contributed by atoms with E-state index in [1.807, 2.05) is 0 Å². The Bertz CT molecular complexity index is 416. The van der Waals surface area contributed by atoms with Crippen LogP contribution in [0.4, 0.5) is 4.39 Å².